The third-order valence-corrected chi connectivity index (χ3v) is 9.64. The van der Waals surface area contributed by atoms with Crippen LogP contribution in [0.4, 0.5) is 5.95 Å². The smallest absolute Gasteiger partial charge is 0.225 e. The molecule has 0 amide bonds. The maximum Gasteiger partial charge on any atom is 0.225 e. The van der Waals surface area contributed by atoms with Gasteiger partial charge in [-0.05, 0) is 95.2 Å². The summed E-state index contributed by atoms with van der Waals surface area (Å²) >= 11 is 0. The zero-order valence-corrected chi connectivity index (χ0v) is 20.2. The van der Waals surface area contributed by atoms with Gasteiger partial charge in [0.25, 0.3) is 0 Å². The predicted molar refractivity (Wildman–Crippen MR) is 127 cm³/mol. The van der Waals surface area contributed by atoms with Crippen LogP contribution in [-0.2, 0) is 4.74 Å². The van der Waals surface area contributed by atoms with E-state index in [1.165, 1.54) is 70.0 Å². The molecule has 1 aromatic heterocycles. The molecule has 32 heavy (non-hydrogen) atoms. The molecule has 0 N–H and O–H groups in total. The zero-order chi connectivity index (χ0) is 21.9. The van der Waals surface area contributed by atoms with Gasteiger partial charge in [-0.15, -0.1) is 0 Å². The number of fused-ring (bicyclic) bond motifs is 2. The highest BCUT2D eigenvalue weighted by Crippen LogP contribution is 2.58. The summed E-state index contributed by atoms with van der Waals surface area (Å²) < 4.78 is 5.51. The van der Waals surface area contributed by atoms with Gasteiger partial charge in [0, 0.05) is 56.8 Å². The van der Waals surface area contributed by atoms with Crippen LogP contribution in [-0.4, -0.2) is 83.3 Å². The SMILES string of the molecule is COC1CC2(C1)CC(N1CCC(c3cnc(N4C5CCC4CN(C(C)C)C5)nc3)CC1)C2. The van der Waals surface area contributed by atoms with Crippen LogP contribution in [0, 0.1) is 5.41 Å². The Labute approximate surface area is 193 Å². The number of piperazine rings is 1. The summed E-state index contributed by atoms with van der Waals surface area (Å²) in [6.45, 7) is 9.43. The van der Waals surface area contributed by atoms with Gasteiger partial charge in [-0.2, -0.15) is 0 Å². The molecule has 2 unspecified atom stereocenters. The molecule has 6 heteroatoms. The van der Waals surface area contributed by atoms with Crippen LogP contribution in [0.3, 0.4) is 0 Å². The molecule has 1 aromatic rings. The summed E-state index contributed by atoms with van der Waals surface area (Å²) in [5.74, 6) is 1.60. The van der Waals surface area contributed by atoms with Crippen molar-refractivity contribution in [1.82, 2.24) is 19.8 Å². The summed E-state index contributed by atoms with van der Waals surface area (Å²) in [4.78, 5) is 17.7. The van der Waals surface area contributed by atoms with Crippen LogP contribution in [0.25, 0.3) is 0 Å². The molecule has 2 bridgehead atoms. The predicted octanol–water partition coefficient (Wildman–Crippen LogP) is 3.68. The van der Waals surface area contributed by atoms with Gasteiger partial charge in [-0.1, -0.05) is 0 Å². The van der Waals surface area contributed by atoms with Gasteiger partial charge < -0.3 is 14.5 Å². The Balaban J connectivity index is 1.02. The first-order valence-electron chi connectivity index (χ1n) is 13.1. The van der Waals surface area contributed by atoms with Crippen LogP contribution >= 0.6 is 0 Å². The van der Waals surface area contributed by atoms with Crippen molar-refractivity contribution in [2.24, 2.45) is 5.41 Å². The number of nitrogens with zero attached hydrogens (tertiary/aromatic N) is 5. The number of ether oxygens (including phenoxy) is 1. The average molecular weight is 440 g/mol. The van der Waals surface area contributed by atoms with Gasteiger partial charge in [0.2, 0.25) is 5.95 Å². The van der Waals surface area contributed by atoms with E-state index in [0.717, 1.165) is 25.1 Å². The number of aromatic nitrogens is 2. The minimum Gasteiger partial charge on any atom is -0.381 e. The molecule has 5 aliphatic rings. The largest absolute Gasteiger partial charge is 0.381 e. The Kier molecular flexibility index (Phi) is 5.47. The van der Waals surface area contributed by atoms with E-state index in [1.54, 1.807) is 0 Å². The van der Waals surface area contributed by atoms with Crippen LogP contribution < -0.4 is 4.90 Å². The van der Waals surface area contributed by atoms with E-state index in [9.17, 15) is 0 Å². The monoisotopic (exact) mass is 439 g/mol. The first-order chi connectivity index (χ1) is 15.5. The zero-order valence-electron chi connectivity index (χ0n) is 20.2. The summed E-state index contributed by atoms with van der Waals surface area (Å²) in [7, 11) is 1.87. The molecule has 2 atom stereocenters. The van der Waals surface area contributed by atoms with Crippen molar-refractivity contribution < 1.29 is 4.74 Å². The lowest BCUT2D eigenvalue weighted by molar-refractivity contribution is -0.137. The van der Waals surface area contributed by atoms with E-state index >= 15 is 0 Å². The van der Waals surface area contributed by atoms with Crippen LogP contribution in [0.15, 0.2) is 12.4 Å². The lowest BCUT2D eigenvalue weighted by Crippen LogP contribution is -2.59. The molecule has 0 radical (unpaired) electrons. The second-order valence-electron chi connectivity index (χ2n) is 11.8. The van der Waals surface area contributed by atoms with Gasteiger partial charge in [0.1, 0.15) is 0 Å². The molecule has 2 aliphatic carbocycles. The van der Waals surface area contributed by atoms with E-state index in [2.05, 4.69) is 40.9 Å². The van der Waals surface area contributed by atoms with E-state index in [4.69, 9.17) is 14.7 Å². The fraction of sp³-hybridized carbons (Fsp3) is 0.846. The fourth-order valence-electron chi connectivity index (χ4n) is 7.56. The van der Waals surface area contributed by atoms with Crippen molar-refractivity contribution in [3.63, 3.8) is 0 Å². The first-order valence-corrected chi connectivity index (χ1v) is 13.1. The molecule has 6 nitrogen and oxygen atoms in total. The third kappa shape index (κ3) is 3.67. The Hall–Kier alpha value is -1.24. The first kappa shape index (κ1) is 21.3. The van der Waals surface area contributed by atoms with Gasteiger partial charge in [0.05, 0.1) is 6.10 Å². The highest BCUT2D eigenvalue weighted by molar-refractivity contribution is 5.38. The Bertz CT molecular complexity index is 777. The molecule has 5 fully saturated rings. The molecule has 1 spiro atoms. The Morgan fingerprint density at radius 3 is 2.09 bits per heavy atom. The number of likely N-dealkylation sites (tertiary alicyclic amines) is 2. The molecular weight excluding hydrogens is 398 g/mol. The maximum absolute atomic E-state index is 5.51. The molecule has 3 saturated heterocycles. The van der Waals surface area contributed by atoms with E-state index in [-0.39, 0.29) is 0 Å². The minimum atomic E-state index is 0.541. The lowest BCUT2D eigenvalue weighted by Gasteiger charge is -2.60. The normalized spacial score (nSPS) is 38.3. The number of hydrogen-bond acceptors (Lipinski definition) is 6. The summed E-state index contributed by atoms with van der Waals surface area (Å²) in [5, 5.41) is 0. The summed E-state index contributed by atoms with van der Waals surface area (Å²) in [6.07, 6.45) is 15.3. The minimum absolute atomic E-state index is 0.541. The van der Waals surface area contributed by atoms with Gasteiger partial charge >= 0.3 is 0 Å². The van der Waals surface area contributed by atoms with Crippen molar-refractivity contribution in [3.05, 3.63) is 18.0 Å². The summed E-state index contributed by atoms with van der Waals surface area (Å²) in [5.41, 5.74) is 2.00. The van der Waals surface area contributed by atoms with Crippen LogP contribution in [0.5, 0.6) is 0 Å². The lowest BCUT2D eigenvalue weighted by atomic mass is 9.52. The highest BCUT2D eigenvalue weighted by Gasteiger charge is 2.54. The standard InChI is InChI=1S/C26H41N5O/c1-18(2)30-16-21-4-5-22(17-30)31(21)25-27-14-20(15-28-25)19-6-8-29(9-7-19)23-10-26(11-23)12-24(13-26)32-3/h14-15,18-19,21-24H,4-13,16-17H2,1-3H3. The van der Waals surface area contributed by atoms with E-state index in [0.29, 0.717) is 35.6 Å². The third-order valence-electron chi connectivity index (χ3n) is 9.64. The molecule has 3 aliphatic heterocycles. The van der Waals surface area contributed by atoms with Crippen LogP contribution in [0.2, 0.25) is 0 Å². The number of methoxy groups -OCH3 is 1. The maximum atomic E-state index is 5.51. The van der Waals surface area contributed by atoms with Gasteiger partial charge in [-0.3, -0.25) is 4.90 Å². The fourth-order valence-corrected chi connectivity index (χ4v) is 7.56. The van der Waals surface area contributed by atoms with Crippen molar-refractivity contribution in [1.29, 1.82) is 0 Å². The second kappa shape index (κ2) is 8.21. The van der Waals surface area contributed by atoms with Crippen molar-refractivity contribution in [2.45, 2.75) is 101 Å². The van der Waals surface area contributed by atoms with E-state index in [1.807, 2.05) is 7.11 Å². The Morgan fingerprint density at radius 1 is 0.906 bits per heavy atom. The van der Waals surface area contributed by atoms with Crippen molar-refractivity contribution in [3.8, 4) is 0 Å². The van der Waals surface area contributed by atoms with Gasteiger partial charge in [-0.25, -0.2) is 9.97 Å². The quantitative estimate of drug-likeness (QED) is 0.697. The molecule has 0 aromatic carbocycles. The molecular formula is C26H41N5O. The molecule has 2 saturated carbocycles. The molecule has 6 rings (SSSR count). The van der Waals surface area contributed by atoms with Crippen molar-refractivity contribution in [2.75, 3.05) is 38.2 Å². The highest BCUT2D eigenvalue weighted by atomic mass is 16.5. The number of piperidine rings is 1. The second-order valence-corrected chi connectivity index (χ2v) is 11.8. The van der Waals surface area contributed by atoms with E-state index < -0.39 is 0 Å². The molecule has 176 valence electrons. The topological polar surface area (TPSA) is 44.7 Å². The average Bonchev–Trinajstić information content (AvgIpc) is 3.01. The van der Waals surface area contributed by atoms with Gasteiger partial charge in [0.15, 0.2) is 0 Å². The molecule has 4 heterocycles. The van der Waals surface area contributed by atoms with Crippen molar-refractivity contribution >= 4 is 5.95 Å². The Morgan fingerprint density at radius 2 is 1.53 bits per heavy atom. The number of rotatable bonds is 5. The summed E-state index contributed by atoms with van der Waals surface area (Å²) in [6, 6.07) is 2.64. The van der Waals surface area contributed by atoms with Crippen LogP contribution in [0.1, 0.15) is 76.7 Å². The number of anilines is 1. The number of hydrogen-bond donors (Lipinski definition) is 0.